The zero-order valence-corrected chi connectivity index (χ0v) is 45.5. The first-order valence-electron chi connectivity index (χ1n) is 26.6. The second-order valence-corrected chi connectivity index (χ2v) is 21.0. The molecule has 3 aliphatic rings. The third-order valence-electron chi connectivity index (χ3n) is 14.0. The molecule has 2 unspecified atom stereocenters. The van der Waals surface area contributed by atoms with E-state index in [9.17, 15) is 9.59 Å². The van der Waals surface area contributed by atoms with Crippen molar-refractivity contribution in [2.45, 2.75) is 106 Å². The average Bonchev–Trinajstić information content (AvgIpc) is 4.24. The first-order valence-corrected chi connectivity index (χ1v) is 26.6. The van der Waals surface area contributed by atoms with Crippen molar-refractivity contribution >= 4 is 28.9 Å². The fraction of sp³-hybridized carbons (Fsp3) is 0.277. The lowest BCUT2D eigenvalue weighted by atomic mass is 10.0. The van der Waals surface area contributed by atoms with Gasteiger partial charge in [-0.2, -0.15) is 15.3 Å². The Labute approximate surface area is 464 Å². The molecule has 0 fully saturated rings. The highest BCUT2D eigenvalue weighted by atomic mass is 16.5. The van der Waals surface area contributed by atoms with Crippen molar-refractivity contribution in [3.8, 4) is 17.2 Å². The predicted octanol–water partition coefficient (Wildman–Crippen LogP) is 13.0. The number of aryl methyl sites for hydroxylation is 3. The minimum Gasteiger partial charge on any atom is -0.487 e. The Hall–Kier alpha value is -8.91. The largest absolute Gasteiger partial charge is 0.487 e. The molecule has 0 saturated carbocycles. The predicted molar refractivity (Wildman–Crippen MR) is 312 cm³/mol. The number of carbonyl (C=O) groups is 2. The van der Waals surface area contributed by atoms with Gasteiger partial charge in [-0.15, -0.1) is 0 Å². The normalized spacial score (nSPS) is 16.0. The maximum atomic E-state index is 13.0. The second kappa shape index (κ2) is 24.2. The molecule has 0 aliphatic carbocycles. The lowest BCUT2D eigenvalue weighted by Gasteiger charge is -2.40. The molecule has 0 N–H and O–H groups in total. The summed E-state index contributed by atoms with van der Waals surface area (Å²) in [6.45, 7) is 19.1. The Morgan fingerprint density at radius 3 is 1.48 bits per heavy atom. The van der Waals surface area contributed by atoms with Gasteiger partial charge in [-0.1, -0.05) is 115 Å². The highest BCUT2D eigenvalue weighted by Gasteiger charge is 2.35. The van der Waals surface area contributed by atoms with Crippen LogP contribution in [-0.4, -0.2) is 60.3 Å². The molecule has 2 amide bonds. The summed E-state index contributed by atoms with van der Waals surface area (Å²) in [4.78, 5) is 32.1. The average molecular weight is 1060 g/mol. The minimum atomic E-state index is -0.0660. The molecule has 0 spiro atoms. The lowest BCUT2D eigenvalue weighted by Crippen LogP contribution is -2.47. The summed E-state index contributed by atoms with van der Waals surface area (Å²) >= 11 is 0. The molecule has 79 heavy (non-hydrogen) atoms. The smallest absolute Gasteiger partial charge is 0.276 e. The molecule has 3 aromatic heterocycles. The Morgan fingerprint density at radius 2 is 0.962 bits per heavy atom. The van der Waals surface area contributed by atoms with Crippen molar-refractivity contribution < 1.29 is 23.8 Å². The first kappa shape index (κ1) is 54.9. The number of hydrogen-bond donors (Lipinski definition) is 0. The molecular weight excluding hydrogens is 987 g/mol. The van der Waals surface area contributed by atoms with Gasteiger partial charge in [0.05, 0.1) is 36.4 Å². The summed E-state index contributed by atoms with van der Waals surface area (Å²) in [5.74, 6) is 2.41. The van der Waals surface area contributed by atoms with Gasteiger partial charge in [0.2, 0.25) is 0 Å². The molecule has 0 radical (unpaired) electrons. The number of aromatic nitrogens is 6. The van der Waals surface area contributed by atoms with E-state index in [1.807, 2.05) is 187 Å². The standard InChI is InChI=1S/C22H25N3O.2C21H21N3O2.CH4/c1-17-9-11-19(12-10-17)24-14-20-13-18(23-25(20)22(2,3)16-24)15-26-21-7-5-4-6-8-21;1-15-8-10-18(11-9-15)24-16(2)13-23-20(21(24)25)12-17(22-23)14-26-19-6-4-3-5-7-19;1-15-8-10-18(11-9-15)23-13-16(2)24-20(21(23)25)12-17(22-24)14-26-19-6-4-3-5-7-19;/h4-13H,14-16H2,1-3H3;2*3-12,16H,13-14H2,1-2H3;1H4. The minimum absolute atomic E-state index is 0. The molecule has 6 aromatic carbocycles. The van der Waals surface area contributed by atoms with E-state index >= 15 is 0 Å². The molecule has 14 nitrogen and oxygen atoms in total. The van der Waals surface area contributed by atoms with Crippen LogP contribution in [0, 0.1) is 20.8 Å². The van der Waals surface area contributed by atoms with Gasteiger partial charge in [-0.3, -0.25) is 23.6 Å². The number of para-hydroxylation sites is 3. The maximum Gasteiger partial charge on any atom is 0.276 e. The summed E-state index contributed by atoms with van der Waals surface area (Å²) in [5, 5.41) is 14.0. The molecule has 12 rings (SSSR count). The van der Waals surface area contributed by atoms with Gasteiger partial charge in [-0.05, 0) is 139 Å². The molecule has 9 aromatic rings. The van der Waals surface area contributed by atoms with E-state index < -0.39 is 0 Å². The van der Waals surface area contributed by atoms with Crippen molar-refractivity contribution in [3.05, 3.63) is 233 Å². The fourth-order valence-corrected chi connectivity index (χ4v) is 10.0. The van der Waals surface area contributed by atoms with Crippen molar-refractivity contribution in [3.63, 3.8) is 0 Å². The lowest BCUT2D eigenvalue weighted by molar-refractivity contribution is 0.0941. The number of anilines is 3. The number of rotatable bonds is 12. The number of hydrogen-bond acceptors (Lipinski definition) is 9. The first-order chi connectivity index (χ1) is 37.7. The number of nitrogens with zero attached hydrogens (tertiary/aromatic N) is 9. The summed E-state index contributed by atoms with van der Waals surface area (Å²) < 4.78 is 23.2. The van der Waals surface area contributed by atoms with Crippen LogP contribution in [0.3, 0.4) is 0 Å². The Bertz CT molecular complexity index is 3450. The van der Waals surface area contributed by atoms with Crippen LogP contribution < -0.4 is 28.9 Å². The van der Waals surface area contributed by atoms with E-state index in [1.54, 1.807) is 4.68 Å². The molecule has 406 valence electrons. The van der Waals surface area contributed by atoms with E-state index in [4.69, 9.17) is 19.3 Å². The number of benzene rings is 6. The SMILES string of the molecule is C.Cc1ccc(N2C(=O)c3cc(COc4ccccc4)nn3CC2C)cc1.Cc1ccc(N2CC(C)n3nc(COc4ccccc4)cc3C2=O)cc1.Cc1ccc(N2Cc3cc(COc4ccccc4)nn3C(C)(C)C2)cc1. The number of amides is 2. The Morgan fingerprint density at radius 1 is 0.506 bits per heavy atom. The van der Waals surface area contributed by atoms with E-state index in [0.717, 1.165) is 58.8 Å². The van der Waals surface area contributed by atoms with Crippen molar-refractivity contribution in [1.82, 2.24) is 29.3 Å². The maximum absolute atomic E-state index is 13.0. The molecule has 0 saturated heterocycles. The number of fused-ring (bicyclic) bond motifs is 3. The fourth-order valence-electron chi connectivity index (χ4n) is 10.0. The van der Waals surface area contributed by atoms with Crippen molar-refractivity contribution in [2.75, 3.05) is 27.8 Å². The van der Waals surface area contributed by atoms with Gasteiger partial charge >= 0.3 is 0 Å². The molecule has 0 bridgehead atoms. The van der Waals surface area contributed by atoms with Gasteiger partial charge in [0, 0.05) is 30.2 Å². The van der Waals surface area contributed by atoms with Crippen molar-refractivity contribution in [2.24, 2.45) is 0 Å². The van der Waals surface area contributed by atoms with Gasteiger partial charge in [-0.25, -0.2) is 0 Å². The Kier molecular flexibility index (Phi) is 16.8. The van der Waals surface area contributed by atoms with Crippen LogP contribution in [-0.2, 0) is 38.4 Å². The van der Waals surface area contributed by atoms with Crippen LogP contribution in [0.4, 0.5) is 17.1 Å². The zero-order valence-electron chi connectivity index (χ0n) is 45.5. The monoisotopic (exact) mass is 1060 g/mol. The summed E-state index contributed by atoms with van der Waals surface area (Å²) in [5.41, 5.74) is 11.6. The topological polar surface area (TPSA) is 125 Å². The van der Waals surface area contributed by atoms with Gasteiger partial charge in [0.1, 0.15) is 65.5 Å². The third-order valence-corrected chi connectivity index (χ3v) is 14.0. The number of ether oxygens (including phenoxy) is 3. The van der Waals surface area contributed by atoms with Gasteiger partial charge < -0.3 is 28.9 Å². The second-order valence-electron chi connectivity index (χ2n) is 21.0. The van der Waals surface area contributed by atoms with Crippen LogP contribution >= 0.6 is 0 Å². The molecule has 3 aliphatic heterocycles. The van der Waals surface area contributed by atoms with Crippen molar-refractivity contribution in [1.29, 1.82) is 0 Å². The summed E-state index contributed by atoms with van der Waals surface area (Å²) in [7, 11) is 0. The molecule has 2 atom stereocenters. The van der Waals surface area contributed by atoms with Gasteiger partial charge in [0.25, 0.3) is 11.8 Å². The van der Waals surface area contributed by atoms with Crippen LogP contribution in [0.1, 0.15) is 102 Å². The van der Waals surface area contributed by atoms with E-state index in [-0.39, 0.29) is 36.9 Å². The third kappa shape index (κ3) is 12.9. The molecular formula is C65H71N9O5. The van der Waals surface area contributed by atoms with E-state index in [0.29, 0.717) is 44.3 Å². The summed E-state index contributed by atoms with van der Waals surface area (Å²) in [6, 6.07) is 60.0. The Balaban J connectivity index is 0.000000143. The summed E-state index contributed by atoms with van der Waals surface area (Å²) in [6.07, 6.45) is 0. The molecule has 14 heteroatoms. The van der Waals surface area contributed by atoms with Crippen LogP contribution in [0.25, 0.3) is 0 Å². The quantitative estimate of drug-likeness (QED) is 0.118. The van der Waals surface area contributed by atoms with Crippen LogP contribution in [0.15, 0.2) is 182 Å². The zero-order chi connectivity index (χ0) is 54.3. The number of carbonyl (C=O) groups excluding carboxylic acids is 2. The highest BCUT2D eigenvalue weighted by molar-refractivity contribution is 6.06. The highest BCUT2D eigenvalue weighted by Crippen LogP contribution is 2.32. The van der Waals surface area contributed by atoms with Crippen LogP contribution in [0.2, 0.25) is 0 Å². The van der Waals surface area contributed by atoms with E-state index in [2.05, 4.69) is 77.8 Å². The van der Waals surface area contributed by atoms with Crippen LogP contribution in [0.5, 0.6) is 17.2 Å². The molecule has 6 heterocycles. The van der Waals surface area contributed by atoms with Gasteiger partial charge in [0.15, 0.2) is 0 Å². The van der Waals surface area contributed by atoms with E-state index in [1.165, 1.54) is 28.1 Å².